The van der Waals surface area contributed by atoms with Gasteiger partial charge in [0, 0.05) is 16.7 Å². The van der Waals surface area contributed by atoms with Crippen LogP contribution in [0.4, 0.5) is 5.69 Å². The fourth-order valence-corrected chi connectivity index (χ4v) is 2.79. The maximum absolute atomic E-state index is 4.71. The Balaban J connectivity index is 1.87. The molecule has 0 aliphatic rings. The number of halogens is 1. The van der Waals surface area contributed by atoms with Gasteiger partial charge < -0.3 is 9.88 Å². The minimum absolute atomic E-state index is 0.721. The molecule has 1 aromatic heterocycles. The standard InChI is InChI=1S/C16H16BrN3/c1-2-20-15-9-4-3-8-14(15)19-16(20)11-18-13-7-5-6-12(17)10-13/h3-10,18H,2,11H2,1H3. The summed E-state index contributed by atoms with van der Waals surface area (Å²) in [6, 6.07) is 16.4. The van der Waals surface area contributed by atoms with E-state index < -0.39 is 0 Å². The van der Waals surface area contributed by atoms with Crippen molar-refractivity contribution in [3.8, 4) is 0 Å². The Bertz CT molecular complexity index is 733. The molecule has 3 rings (SSSR count). The average molecular weight is 330 g/mol. The van der Waals surface area contributed by atoms with Gasteiger partial charge in [0.15, 0.2) is 0 Å². The van der Waals surface area contributed by atoms with E-state index in [0.717, 1.165) is 34.6 Å². The molecule has 102 valence electrons. The van der Waals surface area contributed by atoms with Gasteiger partial charge in [-0.2, -0.15) is 0 Å². The number of hydrogen-bond acceptors (Lipinski definition) is 2. The summed E-state index contributed by atoms with van der Waals surface area (Å²) in [6.07, 6.45) is 0. The Kier molecular flexibility index (Phi) is 3.74. The molecule has 0 saturated heterocycles. The highest BCUT2D eigenvalue weighted by Gasteiger charge is 2.08. The molecule has 0 unspecified atom stereocenters. The number of rotatable bonds is 4. The van der Waals surface area contributed by atoms with Crippen LogP contribution in [-0.4, -0.2) is 9.55 Å². The van der Waals surface area contributed by atoms with Crippen LogP contribution in [0.2, 0.25) is 0 Å². The Morgan fingerprint density at radius 2 is 2.00 bits per heavy atom. The molecule has 0 aliphatic carbocycles. The number of nitrogens with zero attached hydrogens (tertiary/aromatic N) is 2. The van der Waals surface area contributed by atoms with E-state index >= 15 is 0 Å². The third-order valence-electron chi connectivity index (χ3n) is 3.33. The predicted octanol–water partition coefficient (Wildman–Crippen LogP) is 4.43. The molecule has 1 N–H and O–H groups in total. The van der Waals surface area contributed by atoms with Gasteiger partial charge in [0.2, 0.25) is 0 Å². The smallest absolute Gasteiger partial charge is 0.129 e. The zero-order valence-electron chi connectivity index (χ0n) is 11.3. The van der Waals surface area contributed by atoms with E-state index in [-0.39, 0.29) is 0 Å². The minimum Gasteiger partial charge on any atom is -0.378 e. The maximum atomic E-state index is 4.71. The Labute approximate surface area is 126 Å². The number of hydrogen-bond donors (Lipinski definition) is 1. The lowest BCUT2D eigenvalue weighted by Gasteiger charge is -2.08. The zero-order valence-corrected chi connectivity index (χ0v) is 12.9. The second-order valence-electron chi connectivity index (χ2n) is 4.62. The highest BCUT2D eigenvalue weighted by atomic mass is 79.9. The molecule has 0 fully saturated rings. The topological polar surface area (TPSA) is 29.9 Å². The SMILES string of the molecule is CCn1c(CNc2cccc(Br)c2)nc2ccccc21. The van der Waals surface area contributed by atoms with Crippen molar-refractivity contribution in [3.05, 3.63) is 58.8 Å². The van der Waals surface area contributed by atoms with Crippen molar-refractivity contribution >= 4 is 32.7 Å². The van der Waals surface area contributed by atoms with Crippen molar-refractivity contribution in [1.82, 2.24) is 9.55 Å². The van der Waals surface area contributed by atoms with E-state index in [4.69, 9.17) is 4.98 Å². The molecule has 0 amide bonds. The molecule has 0 spiro atoms. The molecule has 20 heavy (non-hydrogen) atoms. The van der Waals surface area contributed by atoms with Gasteiger partial charge in [0.25, 0.3) is 0 Å². The van der Waals surface area contributed by atoms with Crippen molar-refractivity contribution in [3.63, 3.8) is 0 Å². The van der Waals surface area contributed by atoms with Gasteiger partial charge in [-0.3, -0.25) is 0 Å². The van der Waals surface area contributed by atoms with Crippen LogP contribution in [0, 0.1) is 0 Å². The monoisotopic (exact) mass is 329 g/mol. The second kappa shape index (κ2) is 5.67. The quantitative estimate of drug-likeness (QED) is 0.767. The Hall–Kier alpha value is -1.81. The molecular formula is C16H16BrN3. The highest BCUT2D eigenvalue weighted by molar-refractivity contribution is 9.10. The number of imidazole rings is 1. The number of aromatic nitrogens is 2. The third kappa shape index (κ3) is 2.56. The van der Waals surface area contributed by atoms with Crippen LogP contribution in [0.3, 0.4) is 0 Å². The number of anilines is 1. The van der Waals surface area contributed by atoms with Crippen molar-refractivity contribution in [2.75, 3.05) is 5.32 Å². The van der Waals surface area contributed by atoms with E-state index in [1.165, 1.54) is 5.52 Å². The van der Waals surface area contributed by atoms with E-state index in [1.54, 1.807) is 0 Å². The van der Waals surface area contributed by atoms with Crippen LogP contribution >= 0.6 is 15.9 Å². The first kappa shape index (κ1) is 13.2. The minimum atomic E-state index is 0.721. The molecule has 1 heterocycles. The van der Waals surface area contributed by atoms with Gasteiger partial charge in [0.1, 0.15) is 5.82 Å². The van der Waals surface area contributed by atoms with E-state index in [9.17, 15) is 0 Å². The summed E-state index contributed by atoms with van der Waals surface area (Å²) in [5, 5.41) is 3.42. The first-order valence-corrected chi connectivity index (χ1v) is 7.51. The van der Waals surface area contributed by atoms with Crippen molar-refractivity contribution in [2.24, 2.45) is 0 Å². The molecule has 0 atom stereocenters. The summed E-state index contributed by atoms with van der Waals surface area (Å²) in [4.78, 5) is 4.71. The average Bonchev–Trinajstić information content (AvgIpc) is 2.82. The van der Waals surface area contributed by atoms with E-state index in [1.807, 2.05) is 18.2 Å². The number of nitrogens with one attached hydrogen (secondary N) is 1. The molecule has 0 bridgehead atoms. The van der Waals surface area contributed by atoms with Crippen molar-refractivity contribution < 1.29 is 0 Å². The fraction of sp³-hybridized carbons (Fsp3) is 0.188. The highest BCUT2D eigenvalue weighted by Crippen LogP contribution is 2.19. The summed E-state index contributed by atoms with van der Waals surface area (Å²) < 4.78 is 3.33. The summed E-state index contributed by atoms with van der Waals surface area (Å²) in [5.74, 6) is 1.06. The number of benzene rings is 2. The van der Waals surface area contributed by atoms with Crippen LogP contribution in [0.25, 0.3) is 11.0 Å². The van der Waals surface area contributed by atoms with Crippen molar-refractivity contribution in [2.45, 2.75) is 20.0 Å². The lowest BCUT2D eigenvalue weighted by molar-refractivity contribution is 0.729. The van der Waals surface area contributed by atoms with Crippen LogP contribution in [0.1, 0.15) is 12.7 Å². The van der Waals surface area contributed by atoms with Gasteiger partial charge in [-0.05, 0) is 37.3 Å². The summed E-state index contributed by atoms with van der Waals surface area (Å²) >= 11 is 3.48. The van der Waals surface area contributed by atoms with Gasteiger partial charge in [-0.15, -0.1) is 0 Å². The molecule has 2 aromatic carbocycles. The van der Waals surface area contributed by atoms with Crippen LogP contribution in [0.15, 0.2) is 53.0 Å². The van der Waals surface area contributed by atoms with Crippen molar-refractivity contribution in [1.29, 1.82) is 0 Å². The summed E-state index contributed by atoms with van der Waals surface area (Å²) in [6.45, 7) is 3.80. The van der Waals surface area contributed by atoms with E-state index in [2.05, 4.69) is 63.1 Å². The molecule has 3 nitrogen and oxygen atoms in total. The molecular weight excluding hydrogens is 314 g/mol. The van der Waals surface area contributed by atoms with Gasteiger partial charge in [-0.1, -0.05) is 34.1 Å². The zero-order chi connectivity index (χ0) is 13.9. The molecule has 0 aliphatic heterocycles. The second-order valence-corrected chi connectivity index (χ2v) is 5.54. The van der Waals surface area contributed by atoms with Gasteiger partial charge in [-0.25, -0.2) is 4.98 Å². The van der Waals surface area contributed by atoms with Gasteiger partial charge in [0.05, 0.1) is 17.6 Å². The first-order chi connectivity index (χ1) is 9.78. The summed E-state index contributed by atoms with van der Waals surface area (Å²) in [5.41, 5.74) is 3.34. The number of aryl methyl sites for hydroxylation is 1. The lowest BCUT2D eigenvalue weighted by atomic mass is 10.3. The van der Waals surface area contributed by atoms with Crippen LogP contribution in [-0.2, 0) is 13.1 Å². The summed E-state index contributed by atoms with van der Waals surface area (Å²) in [7, 11) is 0. The number of fused-ring (bicyclic) bond motifs is 1. The Morgan fingerprint density at radius 1 is 1.15 bits per heavy atom. The largest absolute Gasteiger partial charge is 0.378 e. The molecule has 0 radical (unpaired) electrons. The first-order valence-electron chi connectivity index (χ1n) is 6.71. The molecule has 3 aromatic rings. The normalized spacial score (nSPS) is 10.9. The fourth-order valence-electron chi connectivity index (χ4n) is 2.39. The van der Waals surface area contributed by atoms with Crippen LogP contribution in [0.5, 0.6) is 0 Å². The molecule has 0 saturated carbocycles. The molecule has 4 heteroatoms. The Morgan fingerprint density at radius 3 is 2.80 bits per heavy atom. The van der Waals surface area contributed by atoms with Gasteiger partial charge >= 0.3 is 0 Å². The predicted molar refractivity (Wildman–Crippen MR) is 86.9 cm³/mol. The third-order valence-corrected chi connectivity index (χ3v) is 3.82. The lowest BCUT2D eigenvalue weighted by Crippen LogP contribution is -2.07. The van der Waals surface area contributed by atoms with E-state index in [0.29, 0.717) is 0 Å². The maximum Gasteiger partial charge on any atom is 0.129 e. The van der Waals surface area contributed by atoms with Crippen LogP contribution < -0.4 is 5.32 Å². The number of para-hydroxylation sites is 2.